The lowest BCUT2D eigenvalue weighted by atomic mass is 10.2. The van der Waals surface area contributed by atoms with Crippen LogP contribution in [0.3, 0.4) is 0 Å². The van der Waals surface area contributed by atoms with Gasteiger partial charge in [-0.15, -0.1) is 0 Å². The highest BCUT2D eigenvalue weighted by Crippen LogP contribution is 2.45. The number of ether oxygens (including phenoxy) is 1. The molecule has 8 heteroatoms. The molecular weight excluding hydrogens is 266 g/mol. The number of hydrogen-bond acceptors (Lipinski definition) is 2. The van der Waals surface area contributed by atoms with Crippen LogP contribution in [-0.4, -0.2) is 23.2 Å². The van der Waals surface area contributed by atoms with Crippen molar-refractivity contribution in [2.24, 2.45) is 0 Å². The molecular formula is C10H8F6O2. The maximum Gasteiger partial charge on any atom is 0.470 e. The van der Waals surface area contributed by atoms with Crippen LogP contribution in [0.5, 0.6) is 5.75 Å². The van der Waals surface area contributed by atoms with Gasteiger partial charge < -0.3 is 9.84 Å². The fourth-order valence-corrected chi connectivity index (χ4v) is 1.11. The molecule has 1 aromatic carbocycles. The first kappa shape index (κ1) is 14.6. The van der Waals surface area contributed by atoms with Crippen LogP contribution in [0.2, 0.25) is 0 Å². The molecule has 0 saturated heterocycles. The first-order valence-corrected chi connectivity index (χ1v) is 4.59. The second kappa shape index (κ2) is 4.34. The Bertz CT molecular complexity index is 409. The zero-order valence-corrected chi connectivity index (χ0v) is 8.93. The number of para-hydroxylation sites is 1. The van der Waals surface area contributed by atoms with E-state index >= 15 is 0 Å². The Labute approximate surface area is 97.8 Å². The van der Waals surface area contributed by atoms with E-state index in [1.165, 1.54) is 25.1 Å². The summed E-state index contributed by atoms with van der Waals surface area (Å²) in [4.78, 5) is 0. The number of benzene rings is 1. The predicted octanol–water partition coefficient (Wildman–Crippen LogP) is 3.19. The monoisotopic (exact) mass is 274 g/mol. The molecule has 0 aromatic heterocycles. The summed E-state index contributed by atoms with van der Waals surface area (Å²) >= 11 is 0. The summed E-state index contributed by atoms with van der Waals surface area (Å²) in [6, 6.07) is 4.68. The van der Waals surface area contributed by atoms with E-state index in [0.29, 0.717) is 0 Å². The third kappa shape index (κ3) is 2.53. The Morgan fingerprint density at radius 3 is 1.89 bits per heavy atom. The average molecular weight is 274 g/mol. The molecule has 0 aliphatic rings. The van der Waals surface area contributed by atoms with Gasteiger partial charge in [-0.25, -0.2) is 0 Å². The van der Waals surface area contributed by atoms with Crippen LogP contribution < -0.4 is 4.74 Å². The van der Waals surface area contributed by atoms with Crippen LogP contribution in [0.4, 0.5) is 26.3 Å². The molecule has 0 saturated carbocycles. The van der Waals surface area contributed by atoms with Crippen molar-refractivity contribution in [1.82, 2.24) is 0 Å². The molecule has 1 unspecified atom stereocenters. The summed E-state index contributed by atoms with van der Waals surface area (Å²) < 4.78 is 78.7. The van der Waals surface area contributed by atoms with Crippen molar-refractivity contribution >= 4 is 0 Å². The molecule has 0 radical (unpaired) electrons. The quantitative estimate of drug-likeness (QED) is 0.858. The van der Waals surface area contributed by atoms with E-state index in [-0.39, 0.29) is 5.56 Å². The minimum absolute atomic E-state index is 0.00743. The Morgan fingerprint density at radius 1 is 1.00 bits per heavy atom. The highest BCUT2D eigenvalue weighted by atomic mass is 19.4. The fraction of sp³-hybridized carbons (Fsp3) is 0.400. The maximum atomic E-state index is 13.3. The number of aliphatic hydroxyl groups is 1. The van der Waals surface area contributed by atoms with E-state index in [9.17, 15) is 26.3 Å². The summed E-state index contributed by atoms with van der Waals surface area (Å²) in [6.07, 6.45) is -11.8. The molecule has 1 N–H and O–H groups in total. The standard InChI is InChI=1S/C10H8F6O2/c1-6-4-2-3-5-7(6)18-8(11,9(12,13)14)10(15,16)17/h2-5,17H,1H3. The van der Waals surface area contributed by atoms with Crippen molar-refractivity contribution in [3.63, 3.8) is 0 Å². The molecule has 0 fully saturated rings. The van der Waals surface area contributed by atoms with E-state index in [2.05, 4.69) is 4.74 Å². The normalized spacial score (nSPS) is 16.2. The molecule has 102 valence electrons. The largest absolute Gasteiger partial charge is 0.470 e. The summed E-state index contributed by atoms with van der Waals surface area (Å²) in [7, 11) is 0. The van der Waals surface area contributed by atoms with Crippen molar-refractivity contribution in [1.29, 1.82) is 0 Å². The summed E-state index contributed by atoms with van der Waals surface area (Å²) in [5.74, 6) is -6.25. The highest BCUT2D eigenvalue weighted by Gasteiger charge is 2.74. The number of rotatable bonds is 3. The number of halogens is 6. The van der Waals surface area contributed by atoms with Crippen LogP contribution in [0, 0.1) is 6.92 Å². The van der Waals surface area contributed by atoms with Crippen molar-refractivity contribution in [3.8, 4) is 5.75 Å². The first-order valence-electron chi connectivity index (χ1n) is 4.59. The summed E-state index contributed by atoms with van der Waals surface area (Å²) in [6.45, 7) is 1.24. The Kier molecular flexibility index (Phi) is 3.53. The molecule has 0 aliphatic heterocycles. The van der Waals surface area contributed by atoms with E-state index < -0.39 is 23.9 Å². The molecule has 0 spiro atoms. The van der Waals surface area contributed by atoms with E-state index in [4.69, 9.17) is 5.11 Å². The van der Waals surface area contributed by atoms with Crippen LogP contribution in [-0.2, 0) is 0 Å². The maximum absolute atomic E-state index is 13.3. The lowest BCUT2D eigenvalue weighted by molar-refractivity contribution is -0.427. The molecule has 0 bridgehead atoms. The first-order chi connectivity index (χ1) is 7.99. The SMILES string of the molecule is Cc1ccccc1OC(F)(C(O)(F)F)C(F)(F)F. The minimum Gasteiger partial charge on any atom is -0.443 e. The van der Waals surface area contributed by atoms with Gasteiger partial charge in [-0.3, -0.25) is 0 Å². The van der Waals surface area contributed by atoms with Crippen molar-refractivity contribution in [3.05, 3.63) is 29.8 Å². The van der Waals surface area contributed by atoms with Crippen molar-refractivity contribution in [2.45, 2.75) is 25.1 Å². The van der Waals surface area contributed by atoms with Gasteiger partial charge in [0.25, 0.3) is 0 Å². The predicted molar refractivity (Wildman–Crippen MR) is 48.9 cm³/mol. The third-order valence-corrected chi connectivity index (χ3v) is 2.10. The van der Waals surface area contributed by atoms with Gasteiger partial charge in [0, 0.05) is 0 Å². The minimum atomic E-state index is -6.10. The second-order valence-electron chi connectivity index (χ2n) is 3.50. The molecule has 1 atom stereocenters. The molecule has 2 nitrogen and oxygen atoms in total. The fourth-order valence-electron chi connectivity index (χ4n) is 1.11. The van der Waals surface area contributed by atoms with Gasteiger partial charge in [0.15, 0.2) is 0 Å². The smallest absolute Gasteiger partial charge is 0.443 e. The number of alkyl halides is 6. The zero-order chi connectivity index (χ0) is 14.2. The number of hydrogen-bond donors (Lipinski definition) is 1. The van der Waals surface area contributed by atoms with Crippen molar-refractivity contribution in [2.75, 3.05) is 0 Å². The Morgan fingerprint density at radius 2 is 1.50 bits per heavy atom. The van der Waals surface area contributed by atoms with Gasteiger partial charge in [0.1, 0.15) is 5.75 Å². The van der Waals surface area contributed by atoms with Gasteiger partial charge in [0.2, 0.25) is 0 Å². The molecule has 1 rings (SSSR count). The topological polar surface area (TPSA) is 29.5 Å². The average Bonchev–Trinajstić information content (AvgIpc) is 2.18. The summed E-state index contributed by atoms with van der Waals surface area (Å²) in [5, 5.41) is 8.07. The highest BCUT2D eigenvalue weighted by molar-refractivity contribution is 5.32. The molecule has 0 heterocycles. The molecule has 0 aliphatic carbocycles. The number of aryl methyl sites for hydroxylation is 1. The lowest BCUT2D eigenvalue weighted by Gasteiger charge is -2.31. The van der Waals surface area contributed by atoms with E-state index in [1.54, 1.807) is 0 Å². The summed E-state index contributed by atoms with van der Waals surface area (Å²) in [5.41, 5.74) is 0.00743. The van der Waals surface area contributed by atoms with Gasteiger partial charge >= 0.3 is 18.1 Å². The lowest BCUT2D eigenvalue weighted by Crippen LogP contribution is -2.59. The van der Waals surface area contributed by atoms with Gasteiger partial charge in [-0.05, 0) is 18.6 Å². The zero-order valence-electron chi connectivity index (χ0n) is 8.93. The van der Waals surface area contributed by atoms with Crippen LogP contribution in [0.25, 0.3) is 0 Å². The Balaban J connectivity index is 3.21. The third-order valence-electron chi connectivity index (χ3n) is 2.10. The van der Waals surface area contributed by atoms with Gasteiger partial charge in [0.05, 0.1) is 0 Å². The van der Waals surface area contributed by atoms with Crippen molar-refractivity contribution < 1.29 is 36.2 Å². The van der Waals surface area contributed by atoms with Crippen LogP contribution in [0.1, 0.15) is 5.56 Å². The molecule has 0 amide bonds. The van der Waals surface area contributed by atoms with Gasteiger partial charge in [-0.1, -0.05) is 18.2 Å². The van der Waals surface area contributed by atoms with E-state index in [1.807, 2.05) is 0 Å². The van der Waals surface area contributed by atoms with Crippen LogP contribution in [0.15, 0.2) is 24.3 Å². The molecule has 1 aromatic rings. The van der Waals surface area contributed by atoms with Crippen LogP contribution >= 0.6 is 0 Å². The van der Waals surface area contributed by atoms with Gasteiger partial charge in [-0.2, -0.15) is 26.3 Å². The molecule has 18 heavy (non-hydrogen) atoms. The second-order valence-corrected chi connectivity index (χ2v) is 3.50. The Hall–Kier alpha value is -1.44. The van der Waals surface area contributed by atoms with E-state index in [0.717, 1.165) is 6.07 Å².